The lowest BCUT2D eigenvalue weighted by Crippen LogP contribution is -2.29. The summed E-state index contributed by atoms with van der Waals surface area (Å²) in [6, 6.07) is 7.54. The van der Waals surface area contributed by atoms with E-state index in [1.807, 2.05) is 13.0 Å². The monoisotopic (exact) mass is 413 g/mol. The molecule has 8 heteroatoms. The minimum absolute atomic E-state index is 0.0436. The van der Waals surface area contributed by atoms with Crippen LogP contribution in [0.1, 0.15) is 34.7 Å². The molecule has 2 aromatic rings. The first-order valence-corrected chi connectivity index (χ1v) is 8.88. The van der Waals surface area contributed by atoms with Crippen molar-refractivity contribution in [1.82, 2.24) is 5.32 Å². The van der Waals surface area contributed by atoms with Gasteiger partial charge in [0.25, 0.3) is 5.91 Å². The van der Waals surface area contributed by atoms with E-state index in [9.17, 15) is 13.6 Å². The van der Waals surface area contributed by atoms with Crippen LogP contribution in [0.3, 0.4) is 0 Å². The number of aryl methyl sites for hydroxylation is 1. The zero-order valence-electron chi connectivity index (χ0n) is 17.0. The van der Waals surface area contributed by atoms with Crippen molar-refractivity contribution in [3.05, 3.63) is 69.8 Å². The molecule has 0 aliphatic rings. The molecule has 0 atom stereocenters. The van der Waals surface area contributed by atoms with Gasteiger partial charge in [-0.2, -0.15) is 0 Å². The summed E-state index contributed by atoms with van der Waals surface area (Å²) in [6.45, 7) is 3.26. The van der Waals surface area contributed by atoms with Gasteiger partial charge in [0.05, 0.1) is 5.71 Å². The van der Waals surface area contributed by atoms with Gasteiger partial charge in [-0.25, -0.2) is 8.78 Å². The Hall–Kier alpha value is -3.73. The Morgan fingerprint density at radius 1 is 1.23 bits per heavy atom. The molecule has 156 valence electrons. The van der Waals surface area contributed by atoms with Crippen LogP contribution in [0.4, 0.5) is 8.78 Å². The molecule has 6 nitrogen and oxygen atoms in total. The summed E-state index contributed by atoms with van der Waals surface area (Å²) in [7, 11) is 2.81. The fourth-order valence-electron chi connectivity index (χ4n) is 2.72. The SMILES string of the molecule is C#Cc1cc(F)c(F)c(/C(C)=N/OCc2c(C)cccc2/C(=N\OC)C(=O)NC)c1. The highest BCUT2D eigenvalue weighted by Gasteiger charge is 2.19. The van der Waals surface area contributed by atoms with Gasteiger partial charge in [0.1, 0.15) is 13.7 Å². The molecule has 0 bridgehead atoms. The van der Waals surface area contributed by atoms with Gasteiger partial charge in [-0.05, 0) is 31.5 Å². The number of hydrogen-bond donors (Lipinski definition) is 1. The minimum atomic E-state index is -1.07. The van der Waals surface area contributed by atoms with Crippen molar-refractivity contribution in [2.75, 3.05) is 14.2 Å². The van der Waals surface area contributed by atoms with Crippen molar-refractivity contribution in [2.24, 2.45) is 10.3 Å². The lowest BCUT2D eigenvalue weighted by Gasteiger charge is -2.13. The number of halogens is 2. The van der Waals surface area contributed by atoms with Crippen LogP contribution in [0.15, 0.2) is 40.6 Å². The number of nitrogens with zero attached hydrogens (tertiary/aromatic N) is 2. The summed E-state index contributed by atoms with van der Waals surface area (Å²) in [6.07, 6.45) is 5.27. The number of carbonyl (C=O) groups excluding carboxylic acids is 1. The molecular formula is C22H21F2N3O3. The highest BCUT2D eigenvalue weighted by molar-refractivity contribution is 6.45. The number of rotatable bonds is 7. The van der Waals surface area contributed by atoms with E-state index in [0.717, 1.165) is 11.6 Å². The quantitative estimate of drug-likeness (QED) is 0.430. The minimum Gasteiger partial charge on any atom is -0.398 e. The first kappa shape index (κ1) is 22.6. The van der Waals surface area contributed by atoms with E-state index in [4.69, 9.17) is 16.1 Å². The summed E-state index contributed by atoms with van der Waals surface area (Å²) >= 11 is 0. The van der Waals surface area contributed by atoms with Crippen LogP contribution in [0, 0.1) is 30.9 Å². The van der Waals surface area contributed by atoms with Gasteiger partial charge in [-0.1, -0.05) is 34.4 Å². The number of nitrogens with one attached hydrogen (secondary N) is 1. The van der Waals surface area contributed by atoms with E-state index in [0.29, 0.717) is 11.1 Å². The molecule has 2 rings (SSSR count). The number of carbonyl (C=O) groups is 1. The third-order valence-corrected chi connectivity index (χ3v) is 4.29. The fraction of sp³-hybridized carbons (Fsp3) is 0.227. The first-order chi connectivity index (χ1) is 14.3. The van der Waals surface area contributed by atoms with Crippen molar-refractivity contribution in [2.45, 2.75) is 20.5 Å². The lowest BCUT2D eigenvalue weighted by molar-refractivity contribution is -0.114. The molecule has 2 aromatic carbocycles. The van der Waals surface area contributed by atoms with Crippen LogP contribution in [0.2, 0.25) is 0 Å². The van der Waals surface area contributed by atoms with Gasteiger partial charge < -0.3 is 15.0 Å². The molecule has 30 heavy (non-hydrogen) atoms. The molecule has 0 heterocycles. The molecular weight excluding hydrogens is 392 g/mol. The number of likely N-dealkylation sites (N-methyl/N-ethyl adjacent to an activating group) is 1. The van der Waals surface area contributed by atoms with E-state index in [2.05, 4.69) is 21.5 Å². The lowest BCUT2D eigenvalue weighted by atomic mass is 9.98. The number of benzene rings is 2. The Balaban J connectivity index is 2.35. The molecule has 0 aromatic heterocycles. The number of hydrogen-bond acceptors (Lipinski definition) is 5. The molecule has 0 aliphatic carbocycles. The topological polar surface area (TPSA) is 72.3 Å². The number of terminal acetylenes is 1. The second kappa shape index (κ2) is 10.2. The van der Waals surface area contributed by atoms with Crippen LogP contribution in [-0.4, -0.2) is 31.5 Å². The maximum atomic E-state index is 14.1. The van der Waals surface area contributed by atoms with E-state index < -0.39 is 17.5 Å². The Bertz CT molecular complexity index is 1060. The van der Waals surface area contributed by atoms with E-state index in [1.54, 1.807) is 12.1 Å². The largest absolute Gasteiger partial charge is 0.398 e. The summed E-state index contributed by atoms with van der Waals surface area (Å²) < 4.78 is 27.8. The fourth-order valence-corrected chi connectivity index (χ4v) is 2.72. The zero-order chi connectivity index (χ0) is 22.3. The molecule has 0 radical (unpaired) electrons. The molecule has 0 saturated carbocycles. The maximum Gasteiger partial charge on any atom is 0.273 e. The Kier molecular flexibility index (Phi) is 7.64. The van der Waals surface area contributed by atoms with Crippen LogP contribution in [0.25, 0.3) is 0 Å². The van der Waals surface area contributed by atoms with Crippen LogP contribution < -0.4 is 5.32 Å². The van der Waals surface area contributed by atoms with Gasteiger partial charge in [-0.3, -0.25) is 4.79 Å². The van der Waals surface area contributed by atoms with Crippen LogP contribution in [0.5, 0.6) is 0 Å². The highest BCUT2D eigenvalue weighted by atomic mass is 19.2. The van der Waals surface area contributed by atoms with Gasteiger partial charge in [0, 0.05) is 29.3 Å². The Morgan fingerprint density at radius 3 is 2.60 bits per heavy atom. The standard InChI is InChI=1S/C22H21F2N3O3/c1-6-15-10-17(20(24)19(23)11-15)14(3)26-30-12-18-13(2)8-7-9-16(18)21(27-29-5)22(28)25-4/h1,7-11H,12H2,2-5H3,(H,25,28)/b26-14+,27-21+. The molecule has 0 saturated heterocycles. The van der Waals surface area contributed by atoms with Gasteiger partial charge in [0.15, 0.2) is 17.3 Å². The predicted molar refractivity (Wildman–Crippen MR) is 110 cm³/mol. The second-order valence-corrected chi connectivity index (χ2v) is 6.22. The molecule has 1 N–H and O–H groups in total. The van der Waals surface area contributed by atoms with Crippen molar-refractivity contribution in [3.63, 3.8) is 0 Å². The summed E-state index contributed by atoms with van der Waals surface area (Å²) in [4.78, 5) is 22.4. The summed E-state index contributed by atoms with van der Waals surface area (Å²) in [5, 5.41) is 10.2. The second-order valence-electron chi connectivity index (χ2n) is 6.22. The van der Waals surface area contributed by atoms with E-state index in [1.165, 1.54) is 27.1 Å². The van der Waals surface area contributed by atoms with E-state index in [-0.39, 0.29) is 29.2 Å². The van der Waals surface area contributed by atoms with Gasteiger partial charge >= 0.3 is 0 Å². The Labute approximate surface area is 173 Å². The average Bonchev–Trinajstić information content (AvgIpc) is 2.74. The van der Waals surface area contributed by atoms with Crippen LogP contribution >= 0.6 is 0 Å². The summed E-state index contributed by atoms with van der Waals surface area (Å²) in [5.74, 6) is -0.308. The summed E-state index contributed by atoms with van der Waals surface area (Å²) in [5.41, 5.74) is 2.21. The predicted octanol–water partition coefficient (Wildman–Crippen LogP) is 3.29. The van der Waals surface area contributed by atoms with Gasteiger partial charge in [-0.15, -0.1) is 6.42 Å². The maximum absolute atomic E-state index is 14.1. The zero-order valence-corrected chi connectivity index (χ0v) is 17.0. The first-order valence-electron chi connectivity index (χ1n) is 8.88. The van der Waals surface area contributed by atoms with Crippen molar-refractivity contribution >= 4 is 17.3 Å². The Morgan fingerprint density at radius 2 is 1.97 bits per heavy atom. The average molecular weight is 413 g/mol. The highest BCUT2D eigenvalue weighted by Crippen LogP contribution is 2.19. The smallest absolute Gasteiger partial charge is 0.273 e. The molecule has 0 spiro atoms. The molecule has 0 fully saturated rings. The normalized spacial score (nSPS) is 11.6. The third-order valence-electron chi connectivity index (χ3n) is 4.29. The molecule has 1 amide bonds. The molecule has 0 aliphatic heterocycles. The van der Waals surface area contributed by atoms with Crippen molar-refractivity contribution in [1.29, 1.82) is 0 Å². The van der Waals surface area contributed by atoms with Crippen LogP contribution in [-0.2, 0) is 21.1 Å². The van der Waals surface area contributed by atoms with Gasteiger partial charge in [0.2, 0.25) is 0 Å². The number of amides is 1. The third kappa shape index (κ3) is 5.00. The number of oxime groups is 2. The van der Waals surface area contributed by atoms with Crippen molar-refractivity contribution in [3.8, 4) is 12.3 Å². The molecule has 0 unspecified atom stereocenters. The van der Waals surface area contributed by atoms with E-state index >= 15 is 0 Å². The van der Waals surface area contributed by atoms with Crippen molar-refractivity contribution < 1.29 is 23.3 Å².